The number of hydrogen-bond acceptors (Lipinski definition) is 0. The quantitative estimate of drug-likeness (QED) is 0.462. The zero-order valence-corrected chi connectivity index (χ0v) is 16.5. The first-order valence-electron chi connectivity index (χ1n) is 9.22. The molecule has 1 heteroatoms. The predicted octanol–water partition coefficient (Wildman–Crippen LogP) is 5.75. The fourth-order valence-electron chi connectivity index (χ4n) is 4.76. The third-order valence-corrected chi connectivity index (χ3v) is 6.56. The minimum Gasteiger partial charge on any atom is -0.186 e. The molecule has 0 atom stereocenters. The van der Waals surface area contributed by atoms with Gasteiger partial charge in [0.15, 0.2) is 5.54 Å². The zero-order valence-electron chi connectivity index (χ0n) is 16.5. The van der Waals surface area contributed by atoms with Crippen LogP contribution in [0.2, 0.25) is 0 Å². The number of rotatable bonds is 0. The van der Waals surface area contributed by atoms with E-state index in [1.54, 1.807) is 0 Å². The second-order valence-corrected chi connectivity index (χ2v) is 8.80. The van der Waals surface area contributed by atoms with Gasteiger partial charge in [-0.15, -0.1) is 0 Å². The number of benzene rings is 2. The van der Waals surface area contributed by atoms with E-state index in [1.165, 1.54) is 44.4 Å². The smallest absolute Gasteiger partial charge is 0.186 e. The van der Waals surface area contributed by atoms with Gasteiger partial charge in [-0.1, -0.05) is 17.7 Å². The molecule has 3 aromatic rings. The van der Waals surface area contributed by atoms with Gasteiger partial charge in [-0.2, -0.15) is 4.57 Å². The summed E-state index contributed by atoms with van der Waals surface area (Å²) < 4.78 is 2.58. The summed E-state index contributed by atoms with van der Waals surface area (Å²) in [6.45, 7) is 16.2. The average Bonchev–Trinajstić information content (AvgIpc) is 2.51. The van der Waals surface area contributed by atoms with Crippen molar-refractivity contribution >= 4 is 10.9 Å². The van der Waals surface area contributed by atoms with Crippen LogP contribution in [0.3, 0.4) is 0 Å². The van der Waals surface area contributed by atoms with E-state index >= 15 is 0 Å². The van der Waals surface area contributed by atoms with Crippen molar-refractivity contribution in [3.63, 3.8) is 0 Å². The Balaban J connectivity index is 2.24. The summed E-state index contributed by atoms with van der Waals surface area (Å²) in [6.07, 6.45) is 0. The van der Waals surface area contributed by atoms with Gasteiger partial charge in [0.2, 0.25) is 11.2 Å². The van der Waals surface area contributed by atoms with Gasteiger partial charge >= 0.3 is 0 Å². The van der Waals surface area contributed by atoms with E-state index in [9.17, 15) is 0 Å². The lowest BCUT2D eigenvalue weighted by molar-refractivity contribution is -0.737. The third kappa shape index (κ3) is 2.05. The van der Waals surface area contributed by atoms with Gasteiger partial charge in [-0.05, 0) is 69.5 Å². The fourth-order valence-corrected chi connectivity index (χ4v) is 4.76. The Labute approximate surface area is 151 Å². The molecule has 0 amide bonds. The first kappa shape index (κ1) is 16.3. The SMILES string of the molecule is Cc1cc(C)c2c(c1)-c1ccc3ccc(C)cc3[n+]1C(C)(C)C2(C)C. The molecule has 2 aromatic carbocycles. The predicted molar refractivity (Wildman–Crippen MR) is 106 cm³/mol. The highest BCUT2D eigenvalue weighted by molar-refractivity contribution is 5.80. The number of nitrogens with zero attached hydrogens (tertiary/aromatic N) is 1. The topological polar surface area (TPSA) is 3.88 Å². The molecule has 0 unspecified atom stereocenters. The van der Waals surface area contributed by atoms with Gasteiger partial charge in [0.05, 0.1) is 11.0 Å². The van der Waals surface area contributed by atoms with Crippen LogP contribution in [0.1, 0.15) is 49.9 Å². The summed E-state index contributed by atoms with van der Waals surface area (Å²) in [5.41, 5.74) is 9.63. The highest BCUT2D eigenvalue weighted by atomic mass is 15.1. The minimum atomic E-state index is -0.0251. The monoisotopic (exact) mass is 330 g/mol. The highest BCUT2D eigenvalue weighted by Crippen LogP contribution is 2.48. The summed E-state index contributed by atoms with van der Waals surface area (Å²) in [5, 5.41) is 1.31. The summed E-state index contributed by atoms with van der Waals surface area (Å²) in [5.74, 6) is 0. The van der Waals surface area contributed by atoms with E-state index in [-0.39, 0.29) is 11.0 Å². The van der Waals surface area contributed by atoms with Crippen molar-refractivity contribution in [2.24, 2.45) is 0 Å². The van der Waals surface area contributed by atoms with E-state index in [0.29, 0.717) is 0 Å². The van der Waals surface area contributed by atoms with Crippen molar-refractivity contribution < 1.29 is 4.57 Å². The molecular formula is C24H28N+. The molecule has 2 heterocycles. The molecule has 0 fully saturated rings. The molecule has 0 spiro atoms. The summed E-state index contributed by atoms with van der Waals surface area (Å²) in [6, 6.07) is 16.1. The Morgan fingerprint density at radius 2 is 1.44 bits per heavy atom. The fraction of sp³-hybridized carbons (Fsp3) is 0.375. The second kappa shape index (κ2) is 4.94. The van der Waals surface area contributed by atoms with Crippen molar-refractivity contribution in [3.05, 3.63) is 64.7 Å². The van der Waals surface area contributed by atoms with E-state index in [0.717, 1.165) is 0 Å². The molecule has 0 radical (unpaired) electrons. The van der Waals surface area contributed by atoms with Crippen LogP contribution < -0.4 is 4.57 Å². The number of hydrogen-bond donors (Lipinski definition) is 0. The van der Waals surface area contributed by atoms with Gasteiger partial charge < -0.3 is 0 Å². The molecular weight excluding hydrogens is 302 g/mol. The van der Waals surface area contributed by atoms with Gasteiger partial charge in [-0.3, -0.25) is 0 Å². The Morgan fingerprint density at radius 3 is 2.16 bits per heavy atom. The Kier molecular flexibility index (Phi) is 3.23. The normalized spacial score (nSPS) is 17.2. The average molecular weight is 330 g/mol. The van der Waals surface area contributed by atoms with Crippen molar-refractivity contribution in [2.45, 2.75) is 59.4 Å². The molecule has 1 aliphatic heterocycles. The lowest BCUT2D eigenvalue weighted by Crippen LogP contribution is -2.66. The van der Waals surface area contributed by atoms with Crippen molar-refractivity contribution in [2.75, 3.05) is 0 Å². The molecule has 25 heavy (non-hydrogen) atoms. The Bertz CT molecular complexity index is 1020. The molecule has 128 valence electrons. The molecule has 0 N–H and O–H groups in total. The van der Waals surface area contributed by atoms with Crippen molar-refractivity contribution in [3.8, 4) is 11.3 Å². The molecule has 1 aromatic heterocycles. The Hall–Kier alpha value is -2.15. The molecule has 1 nitrogen and oxygen atoms in total. The summed E-state index contributed by atoms with van der Waals surface area (Å²) >= 11 is 0. The second-order valence-electron chi connectivity index (χ2n) is 8.80. The number of pyridine rings is 1. The lowest BCUT2D eigenvalue weighted by atomic mass is 9.63. The van der Waals surface area contributed by atoms with Gasteiger partial charge in [0, 0.05) is 31.4 Å². The van der Waals surface area contributed by atoms with E-state index in [1.807, 2.05) is 0 Å². The summed E-state index contributed by atoms with van der Waals surface area (Å²) in [4.78, 5) is 0. The van der Waals surface area contributed by atoms with E-state index in [4.69, 9.17) is 0 Å². The van der Waals surface area contributed by atoms with Crippen LogP contribution >= 0.6 is 0 Å². The Morgan fingerprint density at radius 1 is 0.760 bits per heavy atom. The maximum Gasteiger partial charge on any atom is 0.213 e. The van der Waals surface area contributed by atoms with Gasteiger partial charge in [-0.25, -0.2) is 0 Å². The molecule has 0 aliphatic carbocycles. The molecule has 0 saturated carbocycles. The first-order chi connectivity index (χ1) is 11.6. The number of fused-ring (bicyclic) bond motifs is 5. The minimum absolute atomic E-state index is 0.0251. The largest absolute Gasteiger partial charge is 0.213 e. The van der Waals surface area contributed by atoms with E-state index < -0.39 is 0 Å². The van der Waals surface area contributed by atoms with Crippen LogP contribution in [0.25, 0.3) is 22.2 Å². The highest BCUT2D eigenvalue weighted by Gasteiger charge is 2.53. The van der Waals surface area contributed by atoms with Crippen LogP contribution in [0.5, 0.6) is 0 Å². The number of aromatic nitrogens is 1. The van der Waals surface area contributed by atoms with Gasteiger partial charge in [0.25, 0.3) is 0 Å². The van der Waals surface area contributed by atoms with Crippen LogP contribution in [0, 0.1) is 20.8 Å². The van der Waals surface area contributed by atoms with Crippen LogP contribution in [0.4, 0.5) is 0 Å². The van der Waals surface area contributed by atoms with Crippen LogP contribution in [0.15, 0.2) is 42.5 Å². The van der Waals surface area contributed by atoms with E-state index in [2.05, 4.69) is 95.5 Å². The molecule has 0 saturated heterocycles. The first-order valence-corrected chi connectivity index (χ1v) is 9.22. The van der Waals surface area contributed by atoms with Crippen LogP contribution in [-0.2, 0) is 11.0 Å². The maximum absolute atomic E-state index is 2.58. The molecule has 1 aliphatic rings. The van der Waals surface area contributed by atoms with Crippen molar-refractivity contribution in [1.82, 2.24) is 0 Å². The van der Waals surface area contributed by atoms with Gasteiger partial charge in [0.1, 0.15) is 0 Å². The third-order valence-electron chi connectivity index (χ3n) is 6.56. The number of aryl methyl sites for hydroxylation is 3. The molecule has 0 bridgehead atoms. The molecule has 4 rings (SSSR count). The maximum atomic E-state index is 2.58. The standard InChI is InChI=1S/C24H28N/c1-15-8-9-18-10-11-20-19-13-16(2)12-17(3)22(19)23(4,5)24(6,7)25(20)21(18)14-15/h8-14H,1-7H3/q+1. The van der Waals surface area contributed by atoms with Crippen molar-refractivity contribution in [1.29, 1.82) is 0 Å². The van der Waals surface area contributed by atoms with Crippen LogP contribution in [-0.4, -0.2) is 0 Å². The zero-order chi connectivity index (χ0) is 18.1. The lowest BCUT2D eigenvalue weighted by Gasteiger charge is -2.43. The summed E-state index contributed by atoms with van der Waals surface area (Å²) in [7, 11) is 0.